The molecular formula is C15H20N2. The van der Waals surface area contributed by atoms with E-state index in [0.29, 0.717) is 0 Å². The van der Waals surface area contributed by atoms with Crippen LogP contribution in [-0.2, 0) is 5.41 Å². The second-order valence-electron chi connectivity index (χ2n) is 5.64. The number of benzene rings is 1. The van der Waals surface area contributed by atoms with Crippen LogP contribution in [0.25, 0.3) is 5.69 Å². The van der Waals surface area contributed by atoms with Crippen LogP contribution in [0.15, 0.2) is 30.5 Å². The number of hydrogen-bond acceptors (Lipinski definition) is 1. The lowest BCUT2D eigenvalue weighted by Gasteiger charge is -2.16. The van der Waals surface area contributed by atoms with Gasteiger partial charge in [0.1, 0.15) is 0 Å². The molecule has 0 saturated carbocycles. The first kappa shape index (κ1) is 11.9. The van der Waals surface area contributed by atoms with E-state index in [1.807, 2.05) is 4.68 Å². The van der Waals surface area contributed by atoms with Gasteiger partial charge in [0.2, 0.25) is 0 Å². The molecular weight excluding hydrogens is 208 g/mol. The Balaban J connectivity index is 2.53. The van der Waals surface area contributed by atoms with E-state index in [-0.39, 0.29) is 5.41 Å². The number of para-hydroxylation sites is 1. The maximum absolute atomic E-state index is 4.73. The quantitative estimate of drug-likeness (QED) is 0.726. The average Bonchev–Trinajstić information content (AvgIpc) is 2.60. The van der Waals surface area contributed by atoms with Crippen LogP contribution in [-0.4, -0.2) is 9.78 Å². The Labute approximate surface area is 103 Å². The smallest absolute Gasteiger partial charge is 0.0711 e. The van der Waals surface area contributed by atoms with Gasteiger partial charge in [0, 0.05) is 11.6 Å². The highest BCUT2D eigenvalue weighted by Gasteiger charge is 2.20. The minimum absolute atomic E-state index is 0.0953. The summed E-state index contributed by atoms with van der Waals surface area (Å²) in [5, 5.41) is 4.73. The number of rotatable bonds is 1. The van der Waals surface area contributed by atoms with Crippen molar-refractivity contribution in [3.63, 3.8) is 0 Å². The maximum Gasteiger partial charge on any atom is 0.0711 e. The summed E-state index contributed by atoms with van der Waals surface area (Å²) in [6.07, 6.45) is 2.11. The molecule has 0 aliphatic carbocycles. The van der Waals surface area contributed by atoms with Crippen LogP contribution in [0, 0.1) is 13.8 Å². The molecule has 0 fully saturated rings. The van der Waals surface area contributed by atoms with Gasteiger partial charge in [0.25, 0.3) is 0 Å². The maximum atomic E-state index is 4.73. The van der Waals surface area contributed by atoms with Gasteiger partial charge >= 0.3 is 0 Å². The van der Waals surface area contributed by atoms with Gasteiger partial charge in [-0.1, -0.05) is 39.0 Å². The molecule has 90 valence electrons. The van der Waals surface area contributed by atoms with Crippen LogP contribution >= 0.6 is 0 Å². The molecule has 2 rings (SSSR count). The van der Waals surface area contributed by atoms with Crippen LogP contribution in [0.1, 0.15) is 37.6 Å². The summed E-state index contributed by atoms with van der Waals surface area (Å²) in [7, 11) is 0. The van der Waals surface area contributed by atoms with Crippen molar-refractivity contribution in [2.45, 2.75) is 40.0 Å². The van der Waals surface area contributed by atoms with Crippen LogP contribution in [0.3, 0.4) is 0 Å². The van der Waals surface area contributed by atoms with Crippen molar-refractivity contribution in [1.29, 1.82) is 0 Å². The highest BCUT2D eigenvalue weighted by Crippen LogP contribution is 2.25. The first-order chi connectivity index (χ1) is 7.89. The Bertz CT molecular complexity index is 530. The van der Waals surface area contributed by atoms with Gasteiger partial charge in [0.15, 0.2) is 0 Å². The molecule has 1 heterocycles. The Kier molecular flexibility index (Phi) is 2.82. The van der Waals surface area contributed by atoms with E-state index < -0.39 is 0 Å². The third kappa shape index (κ3) is 2.26. The molecule has 0 bridgehead atoms. The summed E-state index contributed by atoms with van der Waals surface area (Å²) in [4.78, 5) is 0. The van der Waals surface area contributed by atoms with E-state index >= 15 is 0 Å². The summed E-state index contributed by atoms with van der Waals surface area (Å²) in [5.41, 5.74) is 4.92. The Morgan fingerprint density at radius 2 is 1.65 bits per heavy atom. The topological polar surface area (TPSA) is 17.8 Å². The molecule has 0 radical (unpaired) electrons. The van der Waals surface area contributed by atoms with Gasteiger partial charge < -0.3 is 0 Å². The third-order valence-electron chi connectivity index (χ3n) is 2.97. The summed E-state index contributed by atoms with van der Waals surface area (Å²) >= 11 is 0. The van der Waals surface area contributed by atoms with Crippen LogP contribution in [0.2, 0.25) is 0 Å². The molecule has 0 N–H and O–H groups in total. The third-order valence-corrected chi connectivity index (χ3v) is 2.97. The fourth-order valence-corrected chi connectivity index (χ4v) is 2.15. The molecule has 0 aliphatic heterocycles. The molecule has 0 saturated heterocycles. The molecule has 0 spiro atoms. The number of aromatic nitrogens is 2. The van der Waals surface area contributed by atoms with Crippen molar-refractivity contribution >= 4 is 0 Å². The van der Waals surface area contributed by atoms with Crippen LogP contribution in [0.5, 0.6) is 0 Å². The lowest BCUT2D eigenvalue weighted by atomic mass is 9.90. The predicted octanol–water partition coefficient (Wildman–Crippen LogP) is 3.79. The van der Waals surface area contributed by atoms with Gasteiger partial charge in [-0.15, -0.1) is 0 Å². The zero-order valence-corrected chi connectivity index (χ0v) is 11.3. The molecule has 0 aliphatic rings. The first-order valence-electron chi connectivity index (χ1n) is 6.02. The van der Waals surface area contributed by atoms with Crippen molar-refractivity contribution in [3.05, 3.63) is 47.3 Å². The number of aryl methyl sites for hydroxylation is 2. The first-order valence-corrected chi connectivity index (χ1v) is 6.02. The Morgan fingerprint density at radius 3 is 2.18 bits per heavy atom. The van der Waals surface area contributed by atoms with E-state index in [4.69, 9.17) is 5.10 Å². The fraction of sp³-hybridized carbons (Fsp3) is 0.400. The SMILES string of the molecule is Cc1ccccc1-n1cc(C)c(C(C)(C)C)n1. The Morgan fingerprint density at radius 1 is 1.00 bits per heavy atom. The number of nitrogens with zero attached hydrogens (tertiary/aromatic N) is 2. The van der Waals surface area contributed by atoms with E-state index in [1.165, 1.54) is 16.8 Å². The zero-order chi connectivity index (χ0) is 12.6. The minimum atomic E-state index is 0.0953. The van der Waals surface area contributed by atoms with Crippen molar-refractivity contribution in [2.24, 2.45) is 0 Å². The van der Waals surface area contributed by atoms with Gasteiger partial charge in [0.05, 0.1) is 11.4 Å². The second kappa shape index (κ2) is 4.02. The van der Waals surface area contributed by atoms with Crippen LogP contribution in [0.4, 0.5) is 0 Å². The fourth-order valence-electron chi connectivity index (χ4n) is 2.15. The molecule has 17 heavy (non-hydrogen) atoms. The predicted molar refractivity (Wildman–Crippen MR) is 71.7 cm³/mol. The van der Waals surface area contributed by atoms with E-state index in [1.54, 1.807) is 0 Å². The normalized spacial score (nSPS) is 11.8. The van der Waals surface area contributed by atoms with Crippen LogP contribution < -0.4 is 0 Å². The van der Waals surface area contributed by atoms with Gasteiger partial charge in [-0.05, 0) is 31.0 Å². The van der Waals surface area contributed by atoms with E-state index in [9.17, 15) is 0 Å². The zero-order valence-electron chi connectivity index (χ0n) is 11.3. The minimum Gasteiger partial charge on any atom is -0.240 e. The van der Waals surface area contributed by atoms with Gasteiger partial charge in [-0.2, -0.15) is 5.10 Å². The lowest BCUT2D eigenvalue weighted by molar-refractivity contribution is 0.557. The van der Waals surface area contributed by atoms with Crippen molar-refractivity contribution in [3.8, 4) is 5.69 Å². The average molecular weight is 228 g/mol. The number of hydrogen-bond donors (Lipinski definition) is 0. The van der Waals surface area contributed by atoms with Crippen molar-refractivity contribution in [1.82, 2.24) is 9.78 Å². The molecule has 2 aromatic rings. The molecule has 0 atom stereocenters. The molecule has 0 unspecified atom stereocenters. The summed E-state index contributed by atoms with van der Waals surface area (Å²) in [6, 6.07) is 8.33. The summed E-state index contributed by atoms with van der Waals surface area (Å²) in [5.74, 6) is 0. The van der Waals surface area contributed by atoms with Crippen molar-refractivity contribution < 1.29 is 0 Å². The highest BCUT2D eigenvalue weighted by molar-refractivity contribution is 5.40. The van der Waals surface area contributed by atoms with Crippen molar-refractivity contribution in [2.75, 3.05) is 0 Å². The lowest BCUT2D eigenvalue weighted by Crippen LogP contribution is -2.14. The van der Waals surface area contributed by atoms with E-state index in [0.717, 1.165) is 5.69 Å². The largest absolute Gasteiger partial charge is 0.240 e. The highest BCUT2D eigenvalue weighted by atomic mass is 15.3. The molecule has 1 aromatic carbocycles. The molecule has 2 nitrogen and oxygen atoms in total. The van der Waals surface area contributed by atoms with Gasteiger partial charge in [-0.25, -0.2) is 4.68 Å². The molecule has 2 heteroatoms. The van der Waals surface area contributed by atoms with E-state index in [2.05, 4.69) is 65.1 Å². The van der Waals surface area contributed by atoms with Gasteiger partial charge in [-0.3, -0.25) is 0 Å². The Hall–Kier alpha value is -1.57. The monoisotopic (exact) mass is 228 g/mol. The second-order valence-corrected chi connectivity index (χ2v) is 5.64. The standard InChI is InChI=1S/C15H20N2/c1-11-8-6-7-9-13(11)17-10-12(2)14(16-17)15(3,4)5/h6-10H,1-5H3. The molecule has 1 aromatic heterocycles. The summed E-state index contributed by atoms with van der Waals surface area (Å²) in [6.45, 7) is 10.8. The summed E-state index contributed by atoms with van der Waals surface area (Å²) < 4.78 is 1.99. The molecule has 0 amide bonds.